The normalized spacial score (nSPS) is 24.5. The van der Waals surface area contributed by atoms with Gasteiger partial charge < -0.3 is 19.2 Å². The van der Waals surface area contributed by atoms with Crippen LogP contribution in [-0.2, 0) is 27.4 Å². The van der Waals surface area contributed by atoms with E-state index >= 15 is 0 Å². The fourth-order valence-electron chi connectivity index (χ4n) is 6.87. The minimum absolute atomic E-state index is 0.103. The van der Waals surface area contributed by atoms with E-state index in [0.717, 1.165) is 21.7 Å². The number of aromatic nitrogens is 1. The maximum absolute atomic E-state index is 13.8. The molecule has 0 radical (unpaired) electrons. The van der Waals surface area contributed by atoms with E-state index in [1.165, 1.54) is 10.5 Å². The second-order valence-electron chi connectivity index (χ2n) is 11.6. The lowest BCUT2D eigenvalue weighted by atomic mass is 9.57. The number of amides is 2. The largest absolute Gasteiger partial charge is 0.459 e. The molecule has 3 aliphatic rings. The summed E-state index contributed by atoms with van der Waals surface area (Å²) in [7, 11) is -1.02. The number of carbonyl (C=O) groups is 2. The zero-order valence-electron chi connectivity index (χ0n) is 23.8. The molecule has 42 heavy (non-hydrogen) atoms. The molecule has 0 aromatic carbocycles. The number of carbonyl (C=O) groups excluding carboxylic acids is 2. The van der Waals surface area contributed by atoms with Gasteiger partial charge in [0.2, 0.25) is 11.8 Å². The molecule has 3 aromatic rings. The molecule has 6 rings (SSSR count). The lowest BCUT2D eigenvalue weighted by molar-refractivity contribution is -0.140. The molecule has 0 unspecified atom stereocenters. The summed E-state index contributed by atoms with van der Waals surface area (Å²) in [6.45, 7) is 4.37. The molecule has 4 atom stereocenters. The third-order valence-electron chi connectivity index (χ3n) is 8.75. The molecule has 5 heterocycles. The van der Waals surface area contributed by atoms with E-state index in [0.29, 0.717) is 43.6 Å². The molecule has 2 fully saturated rings. The molecule has 1 aliphatic carbocycles. The Kier molecular flexibility index (Phi) is 8.32. The van der Waals surface area contributed by atoms with Gasteiger partial charge in [0.25, 0.3) is 0 Å². The van der Waals surface area contributed by atoms with Crippen LogP contribution in [0.2, 0.25) is 6.32 Å². The molecule has 218 valence electrons. The molecule has 2 amide bonds. The molecule has 10 heteroatoms. The Hall–Kier alpha value is -3.31. The van der Waals surface area contributed by atoms with Crippen molar-refractivity contribution in [3.8, 4) is 0 Å². The number of nitrogens with zero attached hydrogens (tertiary/aromatic N) is 2. The number of allylic oxidation sites excluding steroid dienone is 2. The summed E-state index contributed by atoms with van der Waals surface area (Å²) in [4.78, 5) is 34.4. The van der Waals surface area contributed by atoms with Crippen LogP contribution >= 0.6 is 11.3 Å². The van der Waals surface area contributed by atoms with Gasteiger partial charge in [-0.15, -0.1) is 11.3 Å². The quantitative estimate of drug-likeness (QED) is 0.201. The Bertz CT molecular complexity index is 1500. The fraction of sp³-hybridized carbons (Fsp3) is 0.406. The van der Waals surface area contributed by atoms with Gasteiger partial charge >= 0.3 is 7.12 Å². The van der Waals surface area contributed by atoms with E-state index in [9.17, 15) is 19.7 Å². The maximum atomic E-state index is 13.8. The summed E-state index contributed by atoms with van der Waals surface area (Å²) in [5.41, 5.74) is 3.98. The molecular formula is C32H35BN2O6S. The molecular weight excluding hydrogens is 551 g/mol. The first-order chi connectivity index (χ1) is 20.3. The minimum atomic E-state index is -1.02. The van der Waals surface area contributed by atoms with Gasteiger partial charge in [-0.2, -0.15) is 0 Å². The van der Waals surface area contributed by atoms with Crippen LogP contribution < -0.4 is 0 Å². The van der Waals surface area contributed by atoms with Crippen LogP contribution in [0.4, 0.5) is 0 Å². The van der Waals surface area contributed by atoms with Crippen LogP contribution in [0.25, 0.3) is 11.6 Å². The van der Waals surface area contributed by atoms with Gasteiger partial charge in [0.05, 0.1) is 30.2 Å². The lowest BCUT2D eigenvalue weighted by Gasteiger charge is -2.44. The van der Waals surface area contributed by atoms with E-state index in [4.69, 9.17) is 9.07 Å². The Balaban J connectivity index is 1.30. The van der Waals surface area contributed by atoms with Crippen molar-refractivity contribution >= 4 is 41.9 Å². The van der Waals surface area contributed by atoms with Crippen LogP contribution in [-0.4, -0.2) is 45.1 Å². The van der Waals surface area contributed by atoms with E-state index in [1.54, 1.807) is 23.6 Å². The van der Waals surface area contributed by atoms with Crippen molar-refractivity contribution in [2.24, 2.45) is 23.7 Å². The van der Waals surface area contributed by atoms with E-state index in [1.807, 2.05) is 47.9 Å². The van der Waals surface area contributed by atoms with Gasteiger partial charge in [0.15, 0.2) is 0 Å². The van der Waals surface area contributed by atoms with Gasteiger partial charge in [0, 0.05) is 11.1 Å². The highest BCUT2D eigenvalue weighted by Crippen LogP contribution is 2.52. The zero-order valence-corrected chi connectivity index (χ0v) is 24.6. The van der Waals surface area contributed by atoms with Crippen molar-refractivity contribution in [1.29, 1.82) is 0 Å². The number of hydrogen-bond donors (Lipinski definition) is 2. The van der Waals surface area contributed by atoms with E-state index in [2.05, 4.69) is 18.8 Å². The first-order valence-corrected chi connectivity index (χ1v) is 15.5. The average Bonchev–Trinajstić information content (AvgIpc) is 3.73. The zero-order chi connectivity index (χ0) is 29.4. The molecule has 2 aliphatic heterocycles. The Morgan fingerprint density at radius 1 is 1.17 bits per heavy atom. The summed E-state index contributed by atoms with van der Waals surface area (Å²) in [6.07, 6.45) is 5.25. The number of rotatable bonds is 9. The number of fused-ring (bicyclic) bond motifs is 3. The van der Waals surface area contributed by atoms with Gasteiger partial charge in [-0.05, 0) is 90.4 Å². The van der Waals surface area contributed by atoms with E-state index < -0.39 is 25.1 Å². The number of imide groups is 1. The third-order valence-corrected chi connectivity index (χ3v) is 9.61. The van der Waals surface area contributed by atoms with E-state index in [-0.39, 0.29) is 30.3 Å². The van der Waals surface area contributed by atoms with Crippen molar-refractivity contribution < 1.29 is 28.8 Å². The topological polar surface area (TPSA) is 113 Å². The molecule has 0 bridgehead atoms. The van der Waals surface area contributed by atoms with Crippen LogP contribution in [0, 0.1) is 23.7 Å². The third kappa shape index (κ3) is 5.56. The van der Waals surface area contributed by atoms with Gasteiger partial charge in [-0.3, -0.25) is 19.5 Å². The maximum Gasteiger partial charge on any atom is 0.455 e. The van der Waals surface area contributed by atoms with Crippen molar-refractivity contribution in [1.82, 2.24) is 9.88 Å². The first-order valence-electron chi connectivity index (χ1n) is 14.6. The molecule has 0 spiro atoms. The summed E-state index contributed by atoms with van der Waals surface area (Å²) in [5, 5.41) is 22.3. The SMILES string of the molecule is CC(C)C1=C2[C@@H](CC/C(=C/c3ccc(CO)o3)c3ccccn3)OB(O)C[C@@H]2[C@@H]2C(=O)N(Cc3cccs3)C(=O)[C@@H]2C1. The minimum Gasteiger partial charge on any atom is -0.459 e. The smallest absolute Gasteiger partial charge is 0.455 e. The highest BCUT2D eigenvalue weighted by molar-refractivity contribution is 7.09. The summed E-state index contributed by atoms with van der Waals surface area (Å²) >= 11 is 1.54. The number of likely N-dealkylation sites (tertiary alicyclic amines) is 1. The highest BCUT2D eigenvalue weighted by Gasteiger charge is 2.57. The average molecular weight is 587 g/mol. The van der Waals surface area contributed by atoms with Crippen LogP contribution in [0.3, 0.4) is 0 Å². The van der Waals surface area contributed by atoms with Gasteiger partial charge in [-0.1, -0.05) is 31.6 Å². The Labute approximate surface area is 249 Å². The van der Waals surface area contributed by atoms with Gasteiger partial charge in [0.1, 0.15) is 18.1 Å². The molecule has 0 saturated carbocycles. The Morgan fingerprint density at radius 3 is 2.71 bits per heavy atom. The monoisotopic (exact) mass is 586 g/mol. The molecule has 2 N–H and O–H groups in total. The predicted molar refractivity (Wildman–Crippen MR) is 160 cm³/mol. The number of hydrogen-bond acceptors (Lipinski definition) is 8. The van der Waals surface area contributed by atoms with Crippen molar-refractivity contribution in [3.63, 3.8) is 0 Å². The van der Waals surface area contributed by atoms with Crippen molar-refractivity contribution in [2.75, 3.05) is 0 Å². The first kappa shape index (κ1) is 28.8. The highest BCUT2D eigenvalue weighted by atomic mass is 32.1. The second kappa shape index (κ2) is 12.1. The molecule has 3 aromatic heterocycles. The number of aliphatic hydroxyl groups is 1. The number of pyridine rings is 1. The lowest BCUT2D eigenvalue weighted by Crippen LogP contribution is -2.46. The van der Waals surface area contributed by atoms with Gasteiger partial charge in [-0.25, -0.2) is 0 Å². The number of furan rings is 1. The van der Waals surface area contributed by atoms with Crippen molar-refractivity contribution in [3.05, 3.63) is 87.3 Å². The standard InChI is InChI=1S/C32H35BN2O6S/c1-19(2)24-15-25-30(32(38)35(31(25)37)17-23-6-5-13-42-23)26-16-33(39)41-28(29(24)26)11-8-20(27-7-3-4-12-34-27)14-21-9-10-22(18-36)40-21/h3-7,9-10,12-14,19,25-26,28,30,36,39H,8,11,15-18H2,1-2H3/b20-14-/t25-,26+,28-,30-/m1/s1. The van der Waals surface area contributed by atoms with Crippen LogP contribution in [0.1, 0.15) is 55.2 Å². The number of aliphatic hydroxyl groups excluding tert-OH is 1. The summed E-state index contributed by atoms with van der Waals surface area (Å²) in [5.74, 6) is -0.109. The molecule has 8 nitrogen and oxygen atoms in total. The summed E-state index contributed by atoms with van der Waals surface area (Å²) < 4.78 is 11.9. The van der Waals surface area contributed by atoms with Crippen LogP contribution in [0.5, 0.6) is 0 Å². The summed E-state index contributed by atoms with van der Waals surface area (Å²) in [6, 6.07) is 13.2. The van der Waals surface area contributed by atoms with Crippen LogP contribution in [0.15, 0.2) is 69.6 Å². The predicted octanol–water partition coefficient (Wildman–Crippen LogP) is 5.20. The second-order valence-corrected chi connectivity index (χ2v) is 12.7. The Morgan fingerprint density at radius 2 is 2.02 bits per heavy atom. The molecule has 2 saturated heterocycles. The fourth-order valence-corrected chi connectivity index (χ4v) is 7.56. The van der Waals surface area contributed by atoms with Crippen molar-refractivity contribution in [2.45, 2.75) is 58.7 Å². The number of thiophene rings is 1.